The van der Waals surface area contributed by atoms with E-state index in [9.17, 15) is 4.79 Å². The van der Waals surface area contributed by atoms with Crippen LogP contribution in [0.4, 0.5) is 4.79 Å². The summed E-state index contributed by atoms with van der Waals surface area (Å²) in [6.45, 7) is 0. The second-order valence-electron chi connectivity index (χ2n) is 2.29. The third-order valence-corrected chi connectivity index (χ3v) is 5.79. The minimum Gasteiger partial charge on any atom is -0.774 e. The average molecular weight is 386 g/mol. The molecular weight excluding hydrogens is 379 g/mol. The van der Waals surface area contributed by atoms with Gasteiger partial charge in [-0.05, 0) is 0 Å². The summed E-state index contributed by atoms with van der Waals surface area (Å²) >= 11 is -1.76. The van der Waals surface area contributed by atoms with Gasteiger partial charge in [0.25, 0.3) is 0 Å². The van der Waals surface area contributed by atoms with Crippen molar-refractivity contribution >= 4 is 6.55 Å². The van der Waals surface area contributed by atoms with Crippen molar-refractivity contribution in [3.63, 3.8) is 0 Å². The molecule has 0 aliphatic heterocycles. The summed E-state index contributed by atoms with van der Waals surface area (Å²) in [6, 6.07) is 9.47. The Hall–Kier alpha value is -0.535. The summed E-state index contributed by atoms with van der Waals surface area (Å²) in [4.78, 5) is 10.3. The fourth-order valence-corrected chi connectivity index (χ4v) is 4.10. The third-order valence-electron chi connectivity index (χ3n) is 1.20. The van der Waals surface area contributed by atoms with Crippen LogP contribution in [-0.2, 0) is 24.6 Å². The van der Waals surface area contributed by atoms with Crippen LogP contribution in [0.2, 0.25) is 0 Å². The Kier molecular flexibility index (Phi) is 7.53. The summed E-state index contributed by atoms with van der Waals surface area (Å²) < 4.78 is 0.501. The molecule has 0 aromatic heterocycles. The Morgan fingerprint density at radius 3 is 2.07 bits per heavy atom. The average Bonchev–Trinajstić information content (AvgIpc) is 2.03. The number of carboxylic acid groups (broad SMARTS) is 1. The molecule has 7 heteroatoms. The van der Waals surface area contributed by atoms with Gasteiger partial charge in [0.15, 0.2) is 0 Å². The van der Waals surface area contributed by atoms with Crippen molar-refractivity contribution in [2.24, 2.45) is 0 Å². The van der Waals surface area contributed by atoms with Crippen molar-refractivity contribution in [3.8, 4) is 0 Å². The molecule has 0 atom stereocenters. The third kappa shape index (κ3) is 9.55. The van der Waals surface area contributed by atoms with Crippen LogP contribution in [0.5, 0.6) is 0 Å². The number of carbonyl (C=O) groups is 1. The molecule has 0 spiro atoms. The first kappa shape index (κ1) is 13.5. The summed E-state index contributed by atoms with van der Waals surface area (Å²) in [5, 5.41) is 30.5. The minimum atomic E-state index is -1.76. The van der Waals surface area contributed by atoms with Gasteiger partial charge in [-0.25, -0.2) is 0 Å². The van der Waals surface area contributed by atoms with Crippen LogP contribution in [0.3, 0.4) is 0 Å². The molecule has 0 unspecified atom stereocenters. The molecule has 1 aromatic rings. The number of hydrogen-bond donors (Lipinski definition) is 2. The molecule has 0 fully saturated rings. The van der Waals surface area contributed by atoms with Gasteiger partial charge in [-0.1, -0.05) is 0 Å². The predicted molar refractivity (Wildman–Crippen MR) is 44.5 cm³/mol. The van der Waals surface area contributed by atoms with E-state index in [0.717, 1.165) is 3.07 Å². The van der Waals surface area contributed by atoms with E-state index in [-0.39, 0.29) is 0 Å². The monoisotopic (exact) mass is 387 g/mol. The van der Waals surface area contributed by atoms with Gasteiger partial charge < -0.3 is 21.0 Å². The van der Waals surface area contributed by atoms with Gasteiger partial charge in [-0.2, -0.15) is 0 Å². The van der Waals surface area contributed by atoms with Crippen LogP contribution in [0.15, 0.2) is 30.3 Å². The van der Waals surface area contributed by atoms with E-state index in [2.05, 4.69) is 0 Å². The van der Waals surface area contributed by atoms with Crippen molar-refractivity contribution in [1.82, 2.24) is 5.39 Å². The number of nitrogens with zero attached hydrogens (tertiary/aromatic N) is 1. The molecule has 1 aromatic carbocycles. The minimum absolute atomic E-state index is 0.564. The largest absolute Gasteiger partial charge is 0.774 e. The molecule has 0 aliphatic carbocycles. The molecule has 14 heavy (non-hydrogen) atoms. The fraction of sp³-hybridized carbons (Fsp3) is 0. The van der Waals surface area contributed by atoms with E-state index in [4.69, 9.17) is 20.7 Å². The van der Waals surface area contributed by atoms with E-state index in [1.165, 1.54) is 0 Å². The molecule has 1 rings (SSSR count). The summed E-state index contributed by atoms with van der Waals surface area (Å²) in [6.07, 6.45) is 0. The van der Waals surface area contributed by atoms with Crippen LogP contribution in [0.1, 0.15) is 0 Å². The van der Waals surface area contributed by atoms with Gasteiger partial charge in [0.2, 0.25) is 0 Å². The molecule has 74 valence electrons. The molecular formula is C7H7HgNO5-2. The number of rotatable bonds is 2. The first-order chi connectivity index (χ1) is 6.52. The van der Waals surface area contributed by atoms with E-state index < -0.39 is 33.4 Å². The Bertz CT molecular complexity index is 263. The Balaban J connectivity index is 0.000000364. The predicted octanol–water partition coefficient (Wildman–Crippen LogP) is 0.746. The van der Waals surface area contributed by atoms with Crippen molar-refractivity contribution in [3.05, 3.63) is 40.7 Å². The first-order valence-corrected chi connectivity index (χ1v) is 9.11. The summed E-state index contributed by atoms with van der Waals surface area (Å²) in [7, 11) is 0. The van der Waals surface area contributed by atoms with Crippen LogP contribution < -0.4 is 3.07 Å². The van der Waals surface area contributed by atoms with E-state index in [0.29, 0.717) is 0 Å². The molecule has 0 saturated carbocycles. The van der Waals surface area contributed by atoms with Crippen molar-refractivity contribution in [1.29, 1.82) is 0 Å². The van der Waals surface area contributed by atoms with E-state index in [1.807, 2.05) is 30.3 Å². The van der Waals surface area contributed by atoms with Crippen molar-refractivity contribution in [2.45, 2.75) is 0 Å². The van der Waals surface area contributed by atoms with Gasteiger partial charge in [0, 0.05) is 0 Å². The molecule has 6 nitrogen and oxygen atoms in total. The number of benzene rings is 1. The van der Waals surface area contributed by atoms with Crippen LogP contribution in [0, 0.1) is 10.4 Å². The fourth-order valence-electron chi connectivity index (χ4n) is 0.770. The quantitative estimate of drug-likeness (QED) is 0.574. The van der Waals surface area contributed by atoms with Gasteiger partial charge in [-0.15, -0.1) is 0 Å². The van der Waals surface area contributed by atoms with Crippen molar-refractivity contribution < 1.29 is 39.7 Å². The van der Waals surface area contributed by atoms with Crippen LogP contribution in [0.25, 0.3) is 0 Å². The zero-order valence-corrected chi connectivity index (χ0v) is 12.7. The second kappa shape index (κ2) is 7.83. The smallest absolute Gasteiger partial charge is 0.339 e. The Morgan fingerprint density at radius 1 is 1.29 bits per heavy atom. The zero-order chi connectivity index (χ0) is 11.0. The topological polar surface area (TPSA) is 107 Å². The van der Waals surface area contributed by atoms with Gasteiger partial charge in [-0.3, -0.25) is 0 Å². The van der Waals surface area contributed by atoms with E-state index in [1.54, 1.807) is 0 Å². The molecule has 0 bridgehead atoms. The molecule has 0 heterocycles. The molecule has 0 aliphatic rings. The SMILES string of the molecule is O=[C](O)[Hg][c]1ccccc1.[O-]N([O-])O. The standard InChI is InChI=1S/C6H5.CHO2.Hg.HNO3/c1-2-4-6-5-3-1;2-1-3;;2-1(3)4/h1-5H;(H,2,3);;2H/q;;;-2. The van der Waals surface area contributed by atoms with Gasteiger partial charge >= 0.3 is 71.4 Å². The van der Waals surface area contributed by atoms with Crippen LogP contribution in [-0.4, -0.2) is 19.2 Å². The first-order valence-electron chi connectivity index (χ1n) is 3.61. The number of hydrogen-bond acceptors (Lipinski definition) is 5. The Morgan fingerprint density at radius 2 is 1.71 bits per heavy atom. The maximum atomic E-state index is 10.3. The second-order valence-corrected chi connectivity index (χ2v) is 9.19. The van der Waals surface area contributed by atoms with E-state index >= 15 is 0 Å². The maximum absolute atomic E-state index is 10.3. The normalized spacial score (nSPS) is 8.57. The molecule has 0 radical (unpaired) electrons. The summed E-state index contributed by atoms with van der Waals surface area (Å²) in [5.74, 6) is 0. The van der Waals surface area contributed by atoms with Gasteiger partial charge in [0.05, 0.1) is 0 Å². The molecule has 0 saturated heterocycles. The summed E-state index contributed by atoms with van der Waals surface area (Å²) in [5.41, 5.74) is 0. The zero-order valence-electron chi connectivity index (χ0n) is 7.16. The van der Waals surface area contributed by atoms with Crippen molar-refractivity contribution in [2.75, 3.05) is 0 Å². The maximum Gasteiger partial charge on any atom is -0.339 e. The Labute approximate surface area is 92.3 Å². The molecule has 2 N–H and O–H groups in total. The molecule has 0 amide bonds. The van der Waals surface area contributed by atoms with Gasteiger partial charge in [0.1, 0.15) is 0 Å². The van der Waals surface area contributed by atoms with Crippen LogP contribution >= 0.6 is 0 Å².